The lowest BCUT2D eigenvalue weighted by Crippen LogP contribution is -2.21. The molecule has 0 unspecified atom stereocenters. The predicted molar refractivity (Wildman–Crippen MR) is 108 cm³/mol. The van der Waals surface area contributed by atoms with Gasteiger partial charge in [-0.05, 0) is 24.3 Å². The van der Waals surface area contributed by atoms with Crippen LogP contribution >= 0.6 is 11.3 Å². The molecular formula is C19H17N3O3S2. The van der Waals surface area contributed by atoms with Crippen LogP contribution in [-0.2, 0) is 10.0 Å². The lowest BCUT2D eigenvalue weighted by Gasteiger charge is -2.10. The molecule has 8 heteroatoms. The molecule has 0 aliphatic carbocycles. The number of ether oxygens (including phenoxy) is 1. The number of hydrogen-bond donors (Lipinski definition) is 1. The molecule has 0 atom stereocenters. The largest absolute Gasteiger partial charge is 0.492 e. The summed E-state index contributed by atoms with van der Waals surface area (Å²) >= 11 is 1.55. The molecular weight excluding hydrogens is 382 g/mol. The van der Waals surface area contributed by atoms with E-state index in [2.05, 4.69) is 9.71 Å². The van der Waals surface area contributed by atoms with Gasteiger partial charge in [-0.2, -0.15) is 0 Å². The minimum atomic E-state index is -3.52. The number of rotatable bonds is 7. The van der Waals surface area contributed by atoms with Gasteiger partial charge in [0.2, 0.25) is 10.0 Å². The minimum absolute atomic E-state index is 0.0797. The van der Waals surface area contributed by atoms with Crippen LogP contribution < -0.4 is 9.46 Å². The van der Waals surface area contributed by atoms with Gasteiger partial charge in [0.1, 0.15) is 18.1 Å². The Morgan fingerprint density at radius 1 is 1.11 bits per heavy atom. The SMILES string of the molecule is O=S(=O)(CCOc1ccccc1)Nc1cccc(-c2cn3ccsc3n2)c1. The van der Waals surface area contributed by atoms with Gasteiger partial charge < -0.3 is 4.74 Å². The molecule has 0 radical (unpaired) electrons. The molecule has 0 bridgehead atoms. The summed E-state index contributed by atoms with van der Waals surface area (Å²) in [6.45, 7) is 0.0797. The molecule has 0 saturated heterocycles. The number of thiazole rings is 1. The number of aromatic nitrogens is 2. The highest BCUT2D eigenvalue weighted by Gasteiger charge is 2.12. The van der Waals surface area contributed by atoms with E-state index in [4.69, 9.17) is 4.74 Å². The van der Waals surface area contributed by atoms with Crippen LogP contribution in [-0.4, -0.2) is 30.2 Å². The van der Waals surface area contributed by atoms with Crippen molar-refractivity contribution in [3.05, 3.63) is 72.4 Å². The lowest BCUT2D eigenvalue weighted by atomic mass is 10.1. The Morgan fingerprint density at radius 2 is 1.96 bits per heavy atom. The summed E-state index contributed by atoms with van der Waals surface area (Å²) in [6, 6.07) is 16.4. The van der Waals surface area contributed by atoms with Gasteiger partial charge in [0.15, 0.2) is 4.96 Å². The Balaban J connectivity index is 1.43. The van der Waals surface area contributed by atoms with Crippen LogP contribution in [0.3, 0.4) is 0 Å². The summed E-state index contributed by atoms with van der Waals surface area (Å²) in [5, 5.41) is 1.97. The topological polar surface area (TPSA) is 72.7 Å². The highest BCUT2D eigenvalue weighted by Crippen LogP contribution is 2.24. The van der Waals surface area contributed by atoms with Crippen LogP contribution in [0, 0.1) is 0 Å². The van der Waals surface area contributed by atoms with Gasteiger partial charge in [0.25, 0.3) is 0 Å². The summed E-state index contributed by atoms with van der Waals surface area (Å²) in [5.74, 6) is 0.515. The maximum absolute atomic E-state index is 12.3. The Bertz CT molecular complexity index is 1120. The number of hydrogen-bond acceptors (Lipinski definition) is 5. The number of nitrogens with one attached hydrogen (secondary N) is 1. The maximum Gasteiger partial charge on any atom is 0.236 e. The second-order valence-corrected chi connectivity index (χ2v) is 8.60. The van der Waals surface area contributed by atoms with Crippen molar-refractivity contribution in [3.63, 3.8) is 0 Å². The van der Waals surface area contributed by atoms with Crippen molar-refractivity contribution in [2.45, 2.75) is 0 Å². The van der Waals surface area contributed by atoms with Gasteiger partial charge in [0.05, 0.1) is 5.69 Å². The quantitative estimate of drug-likeness (QED) is 0.512. The van der Waals surface area contributed by atoms with E-state index in [1.54, 1.807) is 41.7 Å². The summed E-state index contributed by atoms with van der Waals surface area (Å²) in [5.41, 5.74) is 2.16. The molecule has 1 N–H and O–H groups in total. The van der Waals surface area contributed by atoms with E-state index in [0.29, 0.717) is 11.4 Å². The lowest BCUT2D eigenvalue weighted by molar-refractivity contribution is 0.341. The molecule has 4 aromatic rings. The first-order valence-corrected chi connectivity index (χ1v) is 10.8. The number of para-hydroxylation sites is 1. The minimum Gasteiger partial charge on any atom is -0.492 e. The average molecular weight is 399 g/mol. The Labute approximate surface area is 161 Å². The molecule has 0 spiro atoms. The normalized spacial score (nSPS) is 11.6. The molecule has 0 amide bonds. The van der Waals surface area contributed by atoms with Crippen molar-refractivity contribution in [3.8, 4) is 17.0 Å². The van der Waals surface area contributed by atoms with Crippen LogP contribution in [0.25, 0.3) is 16.2 Å². The molecule has 0 aliphatic heterocycles. The highest BCUT2D eigenvalue weighted by molar-refractivity contribution is 7.92. The van der Waals surface area contributed by atoms with E-state index < -0.39 is 10.0 Å². The molecule has 27 heavy (non-hydrogen) atoms. The van der Waals surface area contributed by atoms with Crippen LogP contribution in [0.2, 0.25) is 0 Å². The fraction of sp³-hybridized carbons (Fsp3) is 0.105. The molecule has 0 fully saturated rings. The monoisotopic (exact) mass is 399 g/mol. The first-order chi connectivity index (χ1) is 13.1. The average Bonchev–Trinajstić information content (AvgIpc) is 3.24. The summed E-state index contributed by atoms with van der Waals surface area (Å²) in [7, 11) is -3.52. The van der Waals surface area contributed by atoms with Crippen LogP contribution in [0.5, 0.6) is 5.75 Å². The Morgan fingerprint density at radius 3 is 2.78 bits per heavy atom. The van der Waals surface area contributed by atoms with E-state index in [0.717, 1.165) is 16.2 Å². The third-order valence-corrected chi connectivity index (χ3v) is 5.91. The van der Waals surface area contributed by atoms with E-state index >= 15 is 0 Å². The van der Waals surface area contributed by atoms with E-state index in [1.807, 2.05) is 46.4 Å². The molecule has 2 aromatic carbocycles. The number of fused-ring (bicyclic) bond motifs is 1. The first kappa shape index (κ1) is 17.6. The van der Waals surface area contributed by atoms with E-state index in [-0.39, 0.29) is 12.4 Å². The standard InChI is InChI=1S/C19H17N3O3S2/c23-27(24,12-10-25-17-7-2-1-3-8-17)21-16-6-4-5-15(13-16)18-14-22-9-11-26-19(22)20-18/h1-9,11,13-14,21H,10,12H2. The maximum atomic E-state index is 12.3. The molecule has 6 nitrogen and oxygen atoms in total. The van der Waals surface area contributed by atoms with Gasteiger partial charge in [-0.1, -0.05) is 30.3 Å². The Kier molecular flexibility index (Phi) is 4.83. The second-order valence-electron chi connectivity index (χ2n) is 5.88. The van der Waals surface area contributed by atoms with E-state index in [9.17, 15) is 8.42 Å². The van der Waals surface area contributed by atoms with Crippen molar-refractivity contribution < 1.29 is 13.2 Å². The molecule has 0 saturated carbocycles. The number of imidazole rings is 1. The number of sulfonamides is 1. The van der Waals surface area contributed by atoms with Crippen molar-refractivity contribution >= 4 is 32.0 Å². The van der Waals surface area contributed by atoms with Gasteiger partial charge in [0, 0.05) is 29.0 Å². The van der Waals surface area contributed by atoms with Gasteiger partial charge in [-0.25, -0.2) is 13.4 Å². The molecule has 138 valence electrons. The number of nitrogens with zero attached hydrogens (tertiary/aromatic N) is 2. The summed E-state index contributed by atoms with van der Waals surface area (Å²) < 4.78 is 34.7. The zero-order valence-electron chi connectivity index (χ0n) is 14.3. The first-order valence-electron chi connectivity index (χ1n) is 8.30. The molecule has 2 aromatic heterocycles. The zero-order valence-corrected chi connectivity index (χ0v) is 15.9. The van der Waals surface area contributed by atoms with Crippen molar-refractivity contribution in [1.82, 2.24) is 9.38 Å². The fourth-order valence-corrected chi connectivity index (χ4v) is 4.22. The molecule has 0 aliphatic rings. The molecule has 4 rings (SSSR count). The summed E-state index contributed by atoms with van der Waals surface area (Å²) in [6.07, 6.45) is 3.86. The van der Waals surface area contributed by atoms with E-state index in [1.165, 1.54) is 0 Å². The highest BCUT2D eigenvalue weighted by atomic mass is 32.2. The third-order valence-electron chi connectivity index (χ3n) is 3.89. The van der Waals surface area contributed by atoms with Gasteiger partial charge in [-0.3, -0.25) is 9.12 Å². The van der Waals surface area contributed by atoms with Gasteiger partial charge >= 0.3 is 0 Å². The fourth-order valence-electron chi connectivity index (χ4n) is 2.63. The van der Waals surface area contributed by atoms with Crippen LogP contribution in [0.4, 0.5) is 5.69 Å². The zero-order chi connectivity index (χ0) is 18.7. The Hall–Kier alpha value is -2.84. The van der Waals surface area contributed by atoms with Crippen LogP contribution in [0.1, 0.15) is 0 Å². The van der Waals surface area contributed by atoms with Crippen molar-refractivity contribution in [2.75, 3.05) is 17.1 Å². The smallest absolute Gasteiger partial charge is 0.236 e. The number of anilines is 1. The van der Waals surface area contributed by atoms with Gasteiger partial charge in [-0.15, -0.1) is 11.3 Å². The van der Waals surface area contributed by atoms with Crippen molar-refractivity contribution in [2.24, 2.45) is 0 Å². The second kappa shape index (κ2) is 7.42. The molecule has 2 heterocycles. The third kappa shape index (κ3) is 4.29. The van der Waals surface area contributed by atoms with Crippen molar-refractivity contribution in [1.29, 1.82) is 0 Å². The number of benzene rings is 2. The predicted octanol–water partition coefficient (Wildman–Crippen LogP) is 3.88. The summed E-state index contributed by atoms with van der Waals surface area (Å²) in [4.78, 5) is 5.45. The van der Waals surface area contributed by atoms with Crippen LogP contribution in [0.15, 0.2) is 72.4 Å².